The van der Waals surface area contributed by atoms with Gasteiger partial charge in [0.05, 0.1) is 22.9 Å². The molecular formula is C22H16N2O3S. The van der Waals surface area contributed by atoms with Gasteiger partial charge in [0.15, 0.2) is 5.13 Å². The van der Waals surface area contributed by atoms with Crippen LogP contribution in [0.2, 0.25) is 0 Å². The maximum absolute atomic E-state index is 13.0. The molecule has 5 nitrogen and oxygen atoms in total. The van der Waals surface area contributed by atoms with E-state index < -0.39 is 5.97 Å². The van der Waals surface area contributed by atoms with Crippen molar-refractivity contribution < 1.29 is 14.3 Å². The average Bonchev–Trinajstić information content (AvgIpc) is 3.15. The number of ether oxygens (including phenoxy) is 1. The number of carbonyl (C=O) groups excluding carboxylic acids is 2. The molecule has 1 aromatic heterocycles. The van der Waals surface area contributed by atoms with Gasteiger partial charge in [-0.15, -0.1) is 0 Å². The molecule has 6 heteroatoms. The molecule has 0 saturated heterocycles. The van der Waals surface area contributed by atoms with Crippen molar-refractivity contribution in [2.75, 3.05) is 12.4 Å². The molecule has 4 rings (SSSR count). The summed E-state index contributed by atoms with van der Waals surface area (Å²) in [5.41, 5.74) is 3.00. The summed E-state index contributed by atoms with van der Waals surface area (Å²) < 4.78 is 5.88. The number of benzene rings is 3. The summed E-state index contributed by atoms with van der Waals surface area (Å²) in [6, 6.07) is 21.9. The Kier molecular flexibility index (Phi) is 4.87. The third kappa shape index (κ3) is 3.37. The van der Waals surface area contributed by atoms with Gasteiger partial charge in [-0.05, 0) is 35.4 Å². The Morgan fingerprint density at radius 1 is 0.857 bits per heavy atom. The zero-order chi connectivity index (χ0) is 19.5. The summed E-state index contributed by atoms with van der Waals surface area (Å²) >= 11 is 1.42. The second-order valence-electron chi connectivity index (χ2n) is 6.02. The summed E-state index contributed by atoms with van der Waals surface area (Å²) in [5.74, 6) is -0.730. The van der Waals surface area contributed by atoms with E-state index >= 15 is 0 Å². The molecule has 1 heterocycles. The Morgan fingerprint density at radius 2 is 1.46 bits per heavy atom. The number of thiazole rings is 1. The van der Waals surface area contributed by atoms with Crippen LogP contribution < -0.4 is 5.32 Å². The molecular weight excluding hydrogens is 372 g/mol. The third-order valence-electron chi connectivity index (χ3n) is 4.31. The van der Waals surface area contributed by atoms with Crippen LogP contribution in [0, 0.1) is 0 Å². The molecule has 0 aliphatic heterocycles. The van der Waals surface area contributed by atoms with E-state index in [1.807, 2.05) is 42.5 Å². The molecule has 28 heavy (non-hydrogen) atoms. The van der Waals surface area contributed by atoms with Crippen molar-refractivity contribution in [1.29, 1.82) is 0 Å². The van der Waals surface area contributed by atoms with E-state index in [1.54, 1.807) is 30.3 Å². The van der Waals surface area contributed by atoms with Gasteiger partial charge >= 0.3 is 5.97 Å². The van der Waals surface area contributed by atoms with E-state index in [0.29, 0.717) is 27.4 Å². The van der Waals surface area contributed by atoms with E-state index in [4.69, 9.17) is 4.74 Å². The number of fused-ring (bicyclic) bond motifs is 1. The molecule has 0 bridgehead atoms. The van der Waals surface area contributed by atoms with Crippen molar-refractivity contribution in [2.24, 2.45) is 0 Å². The minimum Gasteiger partial charge on any atom is -0.465 e. The second-order valence-corrected chi connectivity index (χ2v) is 7.05. The van der Waals surface area contributed by atoms with Crippen molar-refractivity contribution in [3.8, 4) is 11.1 Å². The van der Waals surface area contributed by atoms with Gasteiger partial charge in [0.2, 0.25) is 0 Å². The maximum atomic E-state index is 13.0. The molecule has 0 aliphatic carbocycles. The molecule has 0 unspecified atom stereocenters. The van der Waals surface area contributed by atoms with Crippen LogP contribution in [0.5, 0.6) is 0 Å². The van der Waals surface area contributed by atoms with E-state index in [2.05, 4.69) is 10.3 Å². The third-order valence-corrected chi connectivity index (χ3v) is 5.26. The molecule has 138 valence electrons. The summed E-state index contributed by atoms with van der Waals surface area (Å²) in [6.45, 7) is 0. The zero-order valence-electron chi connectivity index (χ0n) is 15.0. The Balaban J connectivity index is 1.72. The van der Waals surface area contributed by atoms with Crippen LogP contribution >= 0.6 is 11.3 Å². The smallest absolute Gasteiger partial charge is 0.338 e. The number of hydrogen-bond donors (Lipinski definition) is 1. The first-order chi connectivity index (χ1) is 13.7. The Labute approximate surface area is 165 Å². The van der Waals surface area contributed by atoms with E-state index in [9.17, 15) is 9.59 Å². The van der Waals surface area contributed by atoms with Crippen molar-refractivity contribution >= 4 is 38.6 Å². The lowest BCUT2D eigenvalue weighted by Crippen LogP contribution is -2.13. The van der Waals surface area contributed by atoms with Crippen LogP contribution in [0.3, 0.4) is 0 Å². The molecule has 0 atom stereocenters. The van der Waals surface area contributed by atoms with Crippen molar-refractivity contribution in [2.45, 2.75) is 0 Å². The highest BCUT2D eigenvalue weighted by molar-refractivity contribution is 7.22. The van der Waals surface area contributed by atoms with Crippen molar-refractivity contribution in [3.05, 3.63) is 83.9 Å². The molecule has 1 amide bonds. The SMILES string of the molecule is COC(=O)c1ccccc1-c1ccccc1C(=O)Nc1nc2ccccc2s1. The molecule has 4 aromatic rings. The Morgan fingerprint density at radius 3 is 2.18 bits per heavy atom. The van der Waals surface area contributed by atoms with Gasteiger partial charge in [-0.25, -0.2) is 9.78 Å². The molecule has 0 aliphatic rings. The summed E-state index contributed by atoms with van der Waals surface area (Å²) in [4.78, 5) is 29.6. The number of nitrogens with zero attached hydrogens (tertiary/aromatic N) is 1. The first-order valence-corrected chi connectivity index (χ1v) is 9.42. The van der Waals surface area contributed by atoms with Gasteiger partial charge in [0.25, 0.3) is 5.91 Å². The molecule has 0 radical (unpaired) electrons. The fraction of sp³-hybridized carbons (Fsp3) is 0.0455. The molecule has 0 spiro atoms. The summed E-state index contributed by atoms with van der Waals surface area (Å²) in [5, 5.41) is 3.40. The number of amides is 1. The number of para-hydroxylation sites is 1. The van der Waals surface area contributed by atoms with Crippen LogP contribution in [0.1, 0.15) is 20.7 Å². The largest absolute Gasteiger partial charge is 0.465 e. The van der Waals surface area contributed by atoms with Gasteiger partial charge in [0, 0.05) is 5.56 Å². The highest BCUT2D eigenvalue weighted by Crippen LogP contribution is 2.30. The lowest BCUT2D eigenvalue weighted by atomic mass is 9.95. The zero-order valence-corrected chi connectivity index (χ0v) is 15.8. The average molecular weight is 388 g/mol. The normalized spacial score (nSPS) is 10.6. The Hall–Kier alpha value is -3.51. The number of esters is 1. The quantitative estimate of drug-likeness (QED) is 0.500. The number of carbonyl (C=O) groups is 2. The van der Waals surface area contributed by atoms with Gasteiger partial charge in [-0.1, -0.05) is 59.9 Å². The predicted octanol–water partition coefficient (Wildman–Crippen LogP) is 5.00. The number of anilines is 1. The monoisotopic (exact) mass is 388 g/mol. The van der Waals surface area contributed by atoms with Gasteiger partial charge in [-0.3, -0.25) is 10.1 Å². The van der Waals surface area contributed by atoms with E-state index in [-0.39, 0.29) is 5.91 Å². The summed E-state index contributed by atoms with van der Waals surface area (Å²) in [6.07, 6.45) is 0. The van der Waals surface area contributed by atoms with Crippen LogP contribution in [0.4, 0.5) is 5.13 Å². The first-order valence-electron chi connectivity index (χ1n) is 8.61. The minimum absolute atomic E-state index is 0.283. The van der Waals surface area contributed by atoms with E-state index in [0.717, 1.165) is 10.2 Å². The highest BCUT2D eigenvalue weighted by atomic mass is 32.1. The fourth-order valence-corrected chi connectivity index (χ4v) is 3.87. The minimum atomic E-state index is -0.447. The maximum Gasteiger partial charge on any atom is 0.338 e. The van der Waals surface area contributed by atoms with Gasteiger partial charge in [-0.2, -0.15) is 0 Å². The highest BCUT2D eigenvalue weighted by Gasteiger charge is 2.19. The number of nitrogens with one attached hydrogen (secondary N) is 1. The van der Waals surface area contributed by atoms with Crippen LogP contribution in [0.25, 0.3) is 21.3 Å². The lowest BCUT2D eigenvalue weighted by molar-refractivity contribution is 0.0601. The topological polar surface area (TPSA) is 68.3 Å². The Bertz CT molecular complexity index is 1150. The van der Waals surface area contributed by atoms with E-state index in [1.165, 1.54) is 18.4 Å². The standard InChI is InChI=1S/C22H16N2O3S/c1-27-21(26)17-11-5-3-9-15(17)14-8-2-4-10-16(14)20(25)24-22-23-18-12-6-7-13-19(18)28-22/h2-13H,1H3,(H,23,24,25). The van der Waals surface area contributed by atoms with Gasteiger partial charge < -0.3 is 4.74 Å². The predicted molar refractivity (Wildman–Crippen MR) is 111 cm³/mol. The first kappa shape index (κ1) is 17.9. The molecule has 3 aromatic carbocycles. The van der Waals surface area contributed by atoms with Crippen molar-refractivity contribution in [1.82, 2.24) is 4.98 Å². The molecule has 0 fully saturated rings. The van der Waals surface area contributed by atoms with Crippen molar-refractivity contribution in [3.63, 3.8) is 0 Å². The van der Waals surface area contributed by atoms with Crippen LogP contribution in [0.15, 0.2) is 72.8 Å². The number of aromatic nitrogens is 1. The van der Waals surface area contributed by atoms with Crippen LogP contribution in [-0.4, -0.2) is 24.0 Å². The summed E-state index contributed by atoms with van der Waals surface area (Å²) in [7, 11) is 1.34. The second kappa shape index (κ2) is 7.62. The van der Waals surface area contributed by atoms with Crippen LogP contribution in [-0.2, 0) is 4.74 Å². The fourth-order valence-electron chi connectivity index (χ4n) is 3.01. The molecule has 0 saturated carbocycles. The number of methoxy groups -OCH3 is 1. The lowest BCUT2D eigenvalue weighted by Gasteiger charge is -2.12. The number of rotatable bonds is 4. The van der Waals surface area contributed by atoms with Gasteiger partial charge in [0.1, 0.15) is 0 Å². The molecule has 1 N–H and O–H groups in total. The number of hydrogen-bond acceptors (Lipinski definition) is 5.